The molecule has 1 aliphatic heterocycles. The Bertz CT molecular complexity index is 1590. The van der Waals surface area contributed by atoms with Crippen molar-refractivity contribution in [3.8, 4) is 28.4 Å². The van der Waals surface area contributed by atoms with E-state index in [2.05, 4.69) is 0 Å². The number of ether oxygens (including phenoxy) is 3. The van der Waals surface area contributed by atoms with Gasteiger partial charge in [-0.05, 0) is 73.6 Å². The van der Waals surface area contributed by atoms with Crippen LogP contribution in [0.15, 0.2) is 36.4 Å². The average molecular weight is 587 g/mol. The van der Waals surface area contributed by atoms with Crippen molar-refractivity contribution >= 4 is 15.8 Å². The minimum absolute atomic E-state index is 0.0299. The highest BCUT2D eigenvalue weighted by Crippen LogP contribution is 2.46. The van der Waals surface area contributed by atoms with Crippen LogP contribution in [-0.4, -0.2) is 44.7 Å². The Morgan fingerprint density at radius 2 is 1.78 bits per heavy atom. The van der Waals surface area contributed by atoms with E-state index in [1.807, 2.05) is 13.8 Å². The fraction of sp³-hybridized carbons (Fsp3) is 0.387. The summed E-state index contributed by atoms with van der Waals surface area (Å²) in [5.74, 6) is -0.836. The zero-order valence-electron chi connectivity index (χ0n) is 23.1. The number of aryl methyl sites for hydroxylation is 2. The number of halogens is 2. The Morgan fingerprint density at radius 1 is 1.05 bits per heavy atom. The van der Waals surface area contributed by atoms with Crippen molar-refractivity contribution in [1.29, 1.82) is 0 Å². The van der Waals surface area contributed by atoms with Gasteiger partial charge in [0.05, 0.1) is 25.4 Å². The number of benzene rings is 3. The maximum Gasteiger partial charge on any atom is 0.304 e. The lowest BCUT2D eigenvalue weighted by Gasteiger charge is -2.20. The van der Waals surface area contributed by atoms with Crippen molar-refractivity contribution in [3.63, 3.8) is 0 Å². The van der Waals surface area contributed by atoms with Crippen LogP contribution in [0.2, 0.25) is 0 Å². The second-order valence-electron chi connectivity index (χ2n) is 10.8. The summed E-state index contributed by atoms with van der Waals surface area (Å²) in [4.78, 5) is 11.1. The molecule has 3 aromatic rings. The summed E-state index contributed by atoms with van der Waals surface area (Å²) in [6.07, 6.45) is 1.77. The van der Waals surface area contributed by atoms with Crippen molar-refractivity contribution in [2.75, 3.05) is 25.2 Å². The predicted octanol–water partition coefficient (Wildman–Crippen LogP) is 6.08. The molecule has 218 valence electrons. The van der Waals surface area contributed by atoms with Gasteiger partial charge in [-0.2, -0.15) is 0 Å². The maximum absolute atomic E-state index is 15.4. The predicted molar refractivity (Wildman–Crippen MR) is 150 cm³/mol. The van der Waals surface area contributed by atoms with Gasteiger partial charge in [-0.15, -0.1) is 0 Å². The molecule has 2 atom stereocenters. The van der Waals surface area contributed by atoms with Crippen molar-refractivity contribution in [2.24, 2.45) is 0 Å². The summed E-state index contributed by atoms with van der Waals surface area (Å²) in [6.45, 7) is 4.19. The third kappa shape index (κ3) is 6.17. The van der Waals surface area contributed by atoms with Gasteiger partial charge in [0.2, 0.25) is 0 Å². The first-order chi connectivity index (χ1) is 19.4. The molecule has 0 unspecified atom stereocenters. The van der Waals surface area contributed by atoms with Gasteiger partial charge < -0.3 is 19.3 Å². The standard InChI is InChI=1S/C31H32F2O7S/c1-17-11-21(38-9-4-10-41(3,36)37)12-18(2)29(17)31-23-7-8-26(30(23)24(32)15-25(31)33)40-20-5-6-22-19(13-28(34)35)16-39-27(22)14-20/h5-6,11-12,14-15,19,26H,4,7-10,13,16H2,1-3H3,(H,34,35)/t19-,26-/m1/s1. The Kier molecular flexibility index (Phi) is 7.96. The highest BCUT2D eigenvalue weighted by atomic mass is 32.2. The molecular weight excluding hydrogens is 554 g/mol. The number of sulfone groups is 1. The van der Waals surface area contributed by atoms with Gasteiger partial charge in [0.15, 0.2) is 0 Å². The molecule has 7 nitrogen and oxygen atoms in total. The normalized spacial score (nSPS) is 17.6. The minimum Gasteiger partial charge on any atom is -0.494 e. The summed E-state index contributed by atoms with van der Waals surface area (Å²) in [7, 11) is -3.07. The number of carboxylic acids is 1. The molecule has 0 aromatic heterocycles. The van der Waals surface area contributed by atoms with Crippen LogP contribution in [0.4, 0.5) is 8.78 Å². The van der Waals surface area contributed by atoms with E-state index < -0.39 is 33.5 Å². The monoisotopic (exact) mass is 586 g/mol. The van der Waals surface area contributed by atoms with Gasteiger partial charge in [0, 0.05) is 41.0 Å². The Morgan fingerprint density at radius 3 is 2.46 bits per heavy atom. The van der Waals surface area contributed by atoms with Gasteiger partial charge in [0.1, 0.15) is 44.8 Å². The molecule has 0 spiro atoms. The molecule has 5 rings (SSSR count). The van der Waals surface area contributed by atoms with E-state index in [0.717, 1.165) is 22.8 Å². The lowest BCUT2D eigenvalue weighted by Crippen LogP contribution is -2.09. The van der Waals surface area contributed by atoms with Crippen LogP contribution in [0.3, 0.4) is 0 Å². The van der Waals surface area contributed by atoms with E-state index in [1.165, 1.54) is 6.26 Å². The van der Waals surface area contributed by atoms with Crippen LogP contribution in [0, 0.1) is 25.5 Å². The van der Waals surface area contributed by atoms with Crippen LogP contribution in [0.5, 0.6) is 17.2 Å². The molecule has 1 aliphatic carbocycles. The fourth-order valence-electron chi connectivity index (χ4n) is 5.89. The van der Waals surface area contributed by atoms with E-state index in [0.29, 0.717) is 58.8 Å². The summed E-state index contributed by atoms with van der Waals surface area (Å²) >= 11 is 0. The molecule has 0 fully saturated rings. The molecule has 1 N–H and O–H groups in total. The van der Waals surface area contributed by atoms with Crippen LogP contribution in [0.1, 0.15) is 59.1 Å². The van der Waals surface area contributed by atoms with E-state index in [1.54, 1.807) is 30.3 Å². The number of fused-ring (bicyclic) bond motifs is 2. The smallest absolute Gasteiger partial charge is 0.304 e. The van der Waals surface area contributed by atoms with Crippen LogP contribution in [-0.2, 0) is 21.1 Å². The molecule has 0 saturated heterocycles. The molecular formula is C31H32F2O7S. The first-order valence-corrected chi connectivity index (χ1v) is 15.6. The van der Waals surface area contributed by atoms with Crippen molar-refractivity contribution in [1.82, 2.24) is 0 Å². The first kappa shape index (κ1) is 28.9. The summed E-state index contributed by atoms with van der Waals surface area (Å²) < 4.78 is 71.0. The molecule has 41 heavy (non-hydrogen) atoms. The zero-order chi connectivity index (χ0) is 29.5. The largest absolute Gasteiger partial charge is 0.494 e. The van der Waals surface area contributed by atoms with Crippen molar-refractivity contribution in [2.45, 2.75) is 51.6 Å². The van der Waals surface area contributed by atoms with Gasteiger partial charge in [-0.1, -0.05) is 6.07 Å². The second kappa shape index (κ2) is 11.3. The van der Waals surface area contributed by atoms with Gasteiger partial charge in [-0.25, -0.2) is 17.2 Å². The summed E-state index contributed by atoms with van der Waals surface area (Å²) in [5, 5.41) is 9.14. The van der Waals surface area contributed by atoms with Crippen LogP contribution >= 0.6 is 0 Å². The molecule has 2 aliphatic rings. The Labute approximate surface area is 238 Å². The molecule has 0 bridgehead atoms. The van der Waals surface area contributed by atoms with Gasteiger partial charge in [-0.3, -0.25) is 4.79 Å². The lowest BCUT2D eigenvalue weighted by atomic mass is 9.89. The molecule has 0 radical (unpaired) electrons. The maximum atomic E-state index is 15.4. The molecule has 1 heterocycles. The molecule has 0 amide bonds. The molecule has 3 aromatic carbocycles. The van der Waals surface area contributed by atoms with Crippen molar-refractivity contribution < 1.29 is 41.3 Å². The summed E-state index contributed by atoms with van der Waals surface area (Å²) in [5.41, 5.74) is 4.22. The van der Waals surface area contributed by atoms with E-state index in [4.69, 9.17) is 19.3 Å². The van der Waals surface area contributed by atoms with E-state index in [-0.39, 0.29) is 31.3 Å². The van der Waals surface area contributed by atoms with E-state index >= 15 is 8.78 Å². The number of hydrogen-bond donors (Lipinski definition) is 1. The quantitative estimate of drug-likeness (QED) is 0.288. The third-order valence-electron chi connectivity index (χ3n) is 7.60. The highest BCUT2D eigenvalue weighted by Gasteiger charge is 2.34. The van der Waals surface area contributed by atoms with Crippen molar-refractivity contribution in [3.05, 3.63) is 75.8 Å². The van der Waals surface area contributed by atoms with Crippen LogP contribution < -0.4 is 14.2 Å². The third-order valence-corrected chi connectivity index (χ3v) is 8.63. The van der Waals surface area contributed by atoms with Gasteiger partial charge >= 0.3 is 5.97 Å². The zero-order valence-corrected chi connectivity index (χ0v) is 23.9. The lowest BCUT2D eigenvalue weighted by molar-refractivity contribution is -0.137. The number of aliphatic carboxylic acids is 1. The summed E-state index contributed by atoms with van der Waals surface area (Å²) in [6, 6.07) is 9.68. The topological polar surface area (TPSA) is 99.1 Å². The highest BCUT2D eigenvalue weighted by molar-refractivity contribution is 7.90. The SMILES string of the molecule is Cc1cc(OCCCS(C)(=O)=O)cc(C)c1-c1c(F)cc(F)c2c1CC[C@H]2Oc1ccc2c(c1)OC[C@H]2CC(=O)O. The first-order valence-electron chi connectivity index (χ1n) is 13.5. The number of carboxylic acid groups (broad SMARTS) is 1. The fourth-order valence-corrected chi connectivity index (χ4v) is 6.53. The Balaban J connectivity index is 1.40. The van der Waals surface area contributed by atoms with Gasteiger partial charge in [0.25, 0.3) is 0 Å². The van der Waals surface area contributed by atoms with E-state index in [9.17, 15) is 13.2 Å². The number of hydrogen-bond acceptors (Lipinski definition) is 6. The Hall–Kier alpha value is -3.66. The number of rotatable bonds is 10. The molecule has 10 heteroatoms. The average Bonchev–Trinajstić information content (AvgIpc) is 3.46. The van der Waals surface area contributed by atoms with Crippen LogP contribution in [0.25, 0.3) is 11.1 Å². The minimum atomic E-state index is -3.07. The second-order valence-corrected chi connectivity index (χ2v) is 13.1. The molecule has 0 saturated carbocycles. The number of carbonyl (C=O) groups is 1.